The lowest BCUT2D eigenvalue weighted by atomic mass is 9.95. The molecule has 0 bridgehead atoms. The van der Waals surface area contributed by atoms with Crippen LogP contribution < -0.4 is 10.6 Å². The third-order valence-corrected chi connectivity index (χ3v) is 5.04. The second kappa shape index (κ2) is 7.10. The summed E-state index contributed by atoms with van der Waals surface area (Å²) in [6, 6.07) is 5.64. The Labute approximate surface area is 163 Å². The minimum Gasteiger partial charge on any atom is -0.451 e. The molecule has 1 aliphatic carbocycles. The Hall–Kier alpha value is -3.16. The summed E-state index contributed by atoms with van der Waals surface area (Å²) in [6.45, 7) is 1.73. The van der Waals surface area contributed by atoms with Gasteiger partial charge in [0.2, 0.25) is 11.9 Å². The molecule has 0 radical (unpaired) electrons. The predicted octanol–water partition coefficient (Wildman–Crippen LogP) is 2.80. The Kier molecular flexibility index (Phi) is 4.62. The van der Waals surface area contributed by atoms with Crippen LogP contribution in [0.4, 0.5) is 11.9 Å². The van der Waals surface area contributed by atoms with E-state index in [4.69, 9.17) is 10.5 Å². The molecule has 1 atom stereocenters. The van der Waals surface area contributed by atoms with Crippen molar-refractivity contribution in [1.29, 1.82) is 0 Å². The molecule has 0 saturated carbocycles. The fourth-order valence-electron chi connectivity index (χ4n) is 3.59. The largest absolute Gasteiger partial charge is 0.451 e. The van der Waals surface area contributed by atoms with Crippen molar-refractivity contribution in [3.05, 3.63) is 40.8 Å². The molecule has 3 N–H and O–H groups in total. The highest BCUT2D eigenvalue weighted by Gasteiger charge is 2.21. The lowest BCUT2D eigenvalue weighted by Crippen LogP contribution is -2.18. The highest BCUT2D eigenvalue weighted by Crippen LogP contribution is 2.30. The van der Waals surface area contributed by atoms with Gasteiger partial charge in [0.05, 0.1) is 5.56 Å². The van der Waals surface area contributed by atoms with Crippen molar-refractivity contribution in [2.24, 2.45) is 0 Å². The normalized spacial score (nSPS) is 14.5. The van der Waals surface area contributed by atoms with Crippen LogP contribution >= 0.6 is 0 Å². The Morgan fingerprint density at radius 1 is 1.21 bits per heavy atom. The first-order valence-corrected chi connectivity index (χ1v) is 9.45. The van der Waals surface area contributed by atoms with E-state index in [2.05, 4.69) is 19.9 Å². The van der Waals surface area contributed by atoms with Gasteiger partial charge in [0.25, 0.3) is 0 Å². The summed E-state index contributed by atoms with van der Waals surface area (Å²) in [5.74, 6) is 0.429. The van der Waals surface area contributed by atoms with Crippen LogP contribution in [0.3, 0.4) is 0 Å². The van der Waals surface area contributed by atoms with E-state index in [0.717, 1.165) is 23.7 Å². The maximum absolute atomic E-state index is 12.7. The quantitative estimate of drug-likeness (QED) is 0.670. The van der Waals surface area contributed by atoms with Crippen LogP contribution in [0, 0.1) is 0 Å². The Balaban J connectivity index is 1.58. The number of aromatic nitrogens is 4. The number of hydrogen-bond donors (Lipinski definition) is 2. The van der Waals surface area contributed by atoms with Gasteiger partial charge in [-0.2, -0.15) is 15.0 Å². The summed E-state index contributed by atoms with van der Waals surface area (Å²) in [4.78, 5) is 30.4. The number of hydrogen-bond acceptors (Lipinski definition) is 7. The minimum absolute atomic E-state index is 0.0944. The minimum atomic E-state index is -0.646. The van der Waals surface area contributed by atoms with Crippen LogP contribution in [0.1, 0.15) is 53.3 Å². The summed E-state index contributed by atoms with van der Waals surface area (Å²) in [5.41, 5.74) is 9.95. The number of carbonyl (C=O) groups is 1. The first kappa shape index (κ1) is 18.2. The van der Waals surface area contributed by atoms with Crippen LogP contribution in [0.25, 0.3) is 10.9 Å². The van der Waals surface area contributed by atoms with E-state index >= 15 is 0 Å². The number of nitrogens with one attached hydrogen (secondary N) is 1. The van der Waals surface area contributed by atoms with Crippen LogP contribution in [-0.2, 0) is 17.6 Å². The van der Waals surface area contributed by atoms with Crippen molar-refractivity contribution in [1.82, 2.24) is 19.9 Å². The molecular formula is C20H24N6O2. The van der Waals surface area contributed by atoms with Crippen LogP contribution in [0.5, 0.6) is 0 Å². The number of rotatable bonds is 4. The number of carbonyl (C=O) groups excluding carboxylic acids is 1. The third kappa shape index (κ3) is 3.37. The van der Waals surface area contributed by atoms with Gasteiger partial charge in [-0.25, -0.2) is 4.79 Å². The van der Waals surface area contributed by atoms with Gasteiger partial charge in [0.1, 0.15) is 0 Å². The Bertz CT molecular complexity index is 1040. The number of esters is 1. The number of benzene rings is 1. The molecule has 8 nitrogen and oxygen atoms in total. The Morgan fingerprint density at radius 2 is 2.00 bits per heavy atom. The maximum atomic E-state index is 12.7. The lowest BCUT2D eigenvalue weighted by molar-refractivity contribution is 0.0320. The number of aromatic amines is 1. The summed E-state index contributed by atoms with van der Waals surface area (Å²) in [6.07, 6.45) is 3.85. The van der Waals surface area contributed by atoms with E-state index < -0.39 is 12.1 Å². The average Bonchev–Trinajstić information content (AvgIpc) is 3.05. The monoisotopic (exact) mass is 380 g/mol. The van der Waals surface area contributed by atoms with E-state index in [-0.39, 0.29) is 5.95 Å². The second-order valence-electron chi connectivity index (χ2n) is 7.34. The van der Waals surface area contributed by atoms with Crippen LogP contribution in [0.2, 0.25) is 0 Å². The van der Waals surface area contributed by atoms with Crippen molar-refractivity contribution >= 4 is 28.8 Å². The predicted molar refractivity (Wildman–Crippen MR) is 107 cm³/mol. The number of ether oxygens (including phenoxy) is 1. The van der Waals surface area contributed by atoms with E-state index in [1.807, 2.05) is 26.2 Å². The fraction of sp³-hybridized carbons (Fsp3) is 0.400. The molecule has 28 heavy (non-hydrogen) atoms. The molecule has 0 aliphatic heterocycles. The van der Waals surface area contributed by atoms with Crippen molar-refractivity contribution < 1.29 is 9.53 Å². The number of nitrogens with zero attached hydrogens (tertiary/aromatic N) is 4. The van der Waals surface area contributed by atoms with Gasteiger partial charge in [0, 0.05) is 30.7 Å². The summed E-state index contributed by atoms with van der Waals surface area (Å²) >= 11 is 0. The molecule has 3 aromatic rings. The zero-order valence-corrected chi connectivity index (χ0v) is 16.3. The number of H-pyrrole nitrogens is 1. The zero-order valence-electron chi connectivity index (χ0n) is 16.3. The number of anilines is 2. The van der Waals surface area contributed by atoms with Gasteiger partial charge < -0.3 is 20.4 Å². The van der Waals surface area contributed by atoms with Gasteiger partial charge in [-0.1, -0.05) is 0 Å². The zero-order chi connectivity index (χ0) is 19.8. The fourth-order valence-corrected chi connectivity index (χ4v) is 3.59. The number of nitrogen functional groups attached to an aromatic ring is 1. The molecule has 0 saturated heterocycles. The topological polar surface area (TPSA) is 110 Å². The standard InChI is InChI=1S/C20H24N6O2/c1-11(17-23-19(21)25-20(24-17)26(2)3)28-18(27)12-8-9-16-14(10-12)13-6-4-5-7-15(13)22-16/h8-11,22H,4-7H2,1-3H3,(H2,21,23,24,25)/t11-/m0/s1. The first-order valence-electron chi connectivity index (χ1n) is 9.45. The van der Waals surface area contributed by atoms with Crippen molar-refractivity contribution in [2.75, 3.05) is 24.7 Å². The van der Waals surface area contributed by atoms with Gasteiger partial charge in [-0.3, -0.25) is 0 Å². The molecule has 0 amide bonds. The molecule has 0 fully saturated rings. The second-order valence-corrected chi connectivity index (χ2v) is 7.34. The SMILES string of the molecule is C[C@H](OC(=O)c1ccc2[nH]c3c(c2c1)CCCC3)c1nc(N)nc(N(C)C)n1. The van der Waals surface area contributed by atoms with E-state index in [9.17, 15) is 4.79 Å². The van der Waals surface area contributed by atoms with Crippen molar-refractivity contribution in [3.8, 4) is 0 Å². The third-order valence-electron chi connectivity index (χ3n) is 5.04. The van der Waals surface area contributed by atoms with E-state index in [1.54, 1.807) is 17.9 Å². The van der Waals surface area contributed by atoms with Crippen LogP contribution in [0.15, 0.2) is 18.2 Å². The van der Waals surface area contributed by atoms with Gasteiger partial charge in [0.15, 0.2) is 11.9 Å². The highest BCUT2D eigenvalue weighted by atomic mass is 16.5. The summed E-state index contributed by atoms with van der Waals surface area (Å²) in [7, 11) is 3.62. The van der Waals surface area contributed by atoms with Gasteiger partial charge in [-0.15, -0.1) is 0 Å². The molecule has 1 aromatic carbocycles. The van der Waals surface area contributed by atoms with E-state index in [0.29, 0.717) is 17.3 Å². The maximum Gasteiger partial charge on any atom is 0.338 e. The molecule has 146 valence electrons. The summed E-state index contributed by atoms with van der Waals surface area (Å²) < 4.78 is 5.61. The molecule has 8 heteroatoms. The molecule has 1 aliphatic rings. The molecule has 0 spiro atoms. The summed E-state index contributed by atoms with van der Waals surface area (Å²) in [5, 5.41) is 1.11. The van der Waals surface area contributed by atoms with Gasteiger partial charge >= 0.3 is 5.97 Å². The van der Waals surface area contributed by atoms with Crippen LogP contribution in [-0.4, -0.2) is 40.0 Å². The van der Waals surface area contributed by atoms with Gasteiger partial charge in [-0.05, 0) is 56.4 Å². The molecule has 2 heterocycles. The number of fused-ring (bicyclic) bond motifs is 3. The lowest BCUT2D eigenvalue weighted by Gasteiger charge is -2.15. The molecule has 0 unspecified atom stereocenters. The van der Waals surface area contributed by atoms with Crippen molar-refractivity contribution in [3.63, 3.8) is 0 Å². The highest BCUT2D eigenvalue weighted by molar-refractivity contribution is 5.96. The number of nitrogens with two attached hydrogens (primary N) is 1. The molecular weight excluding hydrogens is 356 g/mol. The van der Waals surface area contributed by atoms with Crippen molar-refractivity contribution in [2.45, 2.75) is 38.7 Å². The smallest absolute Gasteiger partial charge is 0.338 e. The molecule has 4 rings (SSSR count). The number of aryl methyl sites for hydroxylation is 2. The average molecular weight is 380 g/mol. The Morgan fingerprint density at radius 3 is 2.79 bits per heavy atom. The van der Waals surface area contributed by atoms with E-state index in [1.165, 1.54) is 24.1 Å². The molecule has 2 aromatic heterocycles. The first-order chi connectivity index (χ1) is 13.4.